The summed E-state index contributed by atoms with van der Waals surface area (Å²) in [5.41, 5.74) is 1.51. The maximum atomic E-state index is 12.0. The molecule has 0 spiro atoms. The molecule has 0 N–H and O–H groups in total. The second-order valence-corrected chi connectivity index (χ2v) is 4.58. The van der Waals surface area contributed by atoms with Gasteiger partial charge in [-0.25, -0.2) is 9.36 Å². The summed E-state index contributed by atoms with van der Waals surface area (Å²) >= 11 is 0. The zero-order valence-corrected chi connectivity index (χ0v) is 10.1. The van der Waals surface area contributed by atoms with Crippen LogP contribution in [0.3, 0.4) is 0 Å². The second-order valence-electron chi connectivity index (χ2n) is 4.58. The smallest absolute Gasteiger partial charge is 0.413 e. The van der Waals surface area contributed by atoms with E-state index in [1.165, 1.54) is 7.05 Å². The molecule has 0 saturated heterocycles. The zero-order chi connectivity index (χ0) is 12.7. The minimum Gasteiger partial charge on any atom is -0.413 e. The monoisotopic (exact) mass is 243 g/mol. The molecule has 2 aromatic rings. The molecule has 3 rings (SSSR count). The third-order valence-electron chi connectivity index (χ3n) is 3.53. The maximum Gasteiger partial charge on any atom is 0.421 e. The summed E-state index contributed by atoms with van der Waals surface area (Å²) in [7, 11) is 1.45. The third kappa shape index (κ3) is 1.53. The fourth-order valence-electron chi connectivity index (χ4n) is 2.55. The summed E-state index contributed by atoms with van der Waals surface area (Å²) in [6.45, 7) is 0. The summed E-state index contributed by atoms with van der Waals surface area (Å²) in [4.78, 5) is 23.5. The van der Waals surface area contributed by atoms with Crippen molar-refractivity contribution in [3.8, 4) is 0 Å². The van der Waals surface area contributed by atoms with Crippen LogP contribution in [0.1, 0.15) is 29.2 Å². The SMILES string of the molecule is Cn1c(=O)oc2c(c1=O)CCC2c1ccccc1. The van der Waals surface area contributed by atoms with Crippen molar-refractivity contribution in [2.24, 2.45) is 7.05 Å². The van der Waals surface area contributed by atoms with Gasteiger partial charge in [0.1, 0.15) is 5.76 Å². The number of hydrogen-bond acceptors (Lipinski definition) is 3. The number of nitrogens with zero attached hydrogens (tertiary/aromatic N) is 1. The number of aromatic nitrogens is 1. The minimum absolute atomic E-state index is 0.0304. The zero-order valence-electron chi connectivity index (χ0n) is 10.1. The van der Waals surface area contributed by atoms with Gasteiger partial charge in [0.05, 0.1) is 5.56 Å². The highest BCUT2D eigenvalue weighted by molar-refractivity contribution is 5.34. The molecule has 0 radical (unpaired) electrons. The van der Waals surface area contributed by atoms with Crippen molar-refractivity contribution in [3.05, 3.63) is 68.1 Å². The molecular weight excluding hydrogens is 230 g/mol. The number of hydrogen-bond donors (Lipinski definition) is 0. The van der Waals surface area contributed by atoms with Crippen molar-refractivity contribution in [2.45, 2.75) is 18.8 Å². The number of benzene rings is 1. The standard InChI is InChI=1S/C14H13NO3/c1-15-13(16)11-8-7-10(12(11)18-14(15)17)9-5-3-2-4-6-9/h2-6,10H,7-8H2,1H3. The first-order valence-electron chi connectivity index (χ1n) is 5.96. The Kier molecular flexibility index (Phi) is 2.44. The molecule has 1 heterocycles. The Bertz CT molecular complexity index is 697. The quantitative estimate of drug-likeness (QED) is 0.761. The molecule has 0 bridgehead atoms. The summed E-state index contributed by atoms with van der Waals surface area (Å²) in [5, 5.41) is 0. The molecule has 4 nitrogen and oxygen atoms in total. The van der Waals surface area contributed by atoms with Gasteiger partial charge in [-0.05, 0) is 18.4 Å². The van der Waals surface area contributed by atoms with E-state index in [1.807, 2.05) is 30.3 Å². The van der Waals surface area contributed by atoms with Crippen LogP contribution < -0.4 is 11.3 Å². The lowest BCUT2D eigenvalue weighted by Crippen LogP contribution is -2.32. The second kappa shape index (κ2) is 3.98. The van der Waals surface area contributed by atoms with Gasteiger partial charge < -0.3 is 4.42 Å². The Hall–Kier alpha value is -2.10. The van der Waals surface area contributed by atoms with E-state index in [9.17, 15) is 9.59 Å². The molecule has 1 aliphatic rings. The first kappa shape index (κ1) is 11.0. The molecular formula is C14H13NO3. The summed E-state index contributed by atoms with van der Waals surface area (Å²) < 4.78 is 6.34. The van der Waals surface area contributed by atoms with Crippen molar-refractivity contribution in [3.63, 3.8) is 0 Å². The van der Waals surface area contributed by atoms with Crippen molar-refractivity contribution in [1.29, 1.82) is 0 Å². The van der Waals surface area contributed by atoms with E-state index >= 15 is 0 Å². The average Bonchev–Trinajstić information content (AvgIpc) is 2.81. The molecule has 1 aromatic carbocycles. The van der Waals surface area contributed by atoms with E-state index in [2.05, 4.69) is 0 Å². The van der Waals surface area contributed by atoms with Crippen molar-refractivity contribution < 1.29 is 4.42 Å². The van der Waals surface area contributed by atoms with Crippen LogP contribution >= 0.6 is 0 Å². The maximum absolute atomic E-state index is 12.0. The van der Waals surface area contributed by atoms with Crippen LogP contribution in [0.4, 0.5) is 0 Å². The lowest BCUT2D eigenvalue weighted by atomic mass is 9.98. The summed E-state index contributed by atoms with van der Waals surface area (Å²) in [6, 6.07) is 9.84. The van der Waals surface area contributed by atoms with Crippen molar-refractivity contribution in [2.75, 3.05) is 0 Å². The Labute approximate surface area is 103 Å². The first-order valence-corrected chi connectivity index (χ1v) is 5.96. The predicted octanol–water partition coefficient (Wildman–Crippen LogP) is 1.42. The highest BCUT2D eigenvalue weighted by atomic mass is 16.4. The van der Waals surface area contributed by atoms with Crippen LogP contribution in [-0.2, 0) is 13.5 Å². The van der Waals surface area contributed by atoms with Crippen LogP contribution in [0.2, 0.25) is 0 Å². The molecule has 0 aliphatic heterocycles. The van der Waals surface area contributed by atoms with Gasteiger partial charge in [0.15, 0.2) is 0 Å². The average molecular weight is 243 g/mol. The molecule has 1 atom stereocenters. The Morgan fingerprint density at radius 2 is 1.94 bits per heavy atom. The normalized spacial score (nSPS) is 17.7. The highest BCUT2D eigenvalue weighted by Crippen LogP contribution is 2.35. The van der Waals surface area contributed by atoms with Crippen LogP contribution in [0.5, 0.6) is 0 Å². The Balaban J connectivity index is 2.19. The van der Waals surface area contributed by atoms with E-state index in [-0.39, 0.29) is 11.5 Å². The fraction of sp³-hybridized carbons (Fsp3) is 0.286. The molecule has 1 aliphatic carbocycles. The Morgan fingerprint density at radius 3 is 2.67 bits per heavy atom. The minimum atomic E-state index is -0.582. The lowest BCUT2D eigenvalue weighted by molar-refractivity contribution is 0.397. The van der Waals surface area contributed by atoms with E-state index < -0.39 is 5.76 Å². The van der Waals surface area contributed by atoms with Crippen molar-refractivity contribution >= 4 is 0 Å². The van der Waals surface area contributed by atoms with Gasteiger partial charge in [0.2, 0.25) is 0 Å². The van der Waals surface area contributed by atoms with Gasteiger partial charge in [-0.1, -0.05) is 30.3 Å². The number of fused-ring (bicyclic) bond motifs is 1. The van der Waals surface area contributed by atoms with Crippen LogP contribution in [0, 0.1) is 0 Å². The van der Waals surface area contributed by atoms with Gasteiger partial charge in [0.25, 0.3) is 5.56 Å². The lowest BCUT2D eigenvalue weighted by Gasteiger charge is -2.10. The highest BCUT2D eigenvalue weighted by Gasteiger charge is 2.30. The van der Waals surface area contributed by atoms with Gasteiger partial charge >= 0.3 is 5.76 Å². The van der Waals surface area contributed by atoms with Crippen LogP contribution in [0.25, 0.3) is 0 Å². The fourth-order valence-corrected chi connectivity index (χ4v) is 2.55. The molecule has 0 amide bonds. The van der Waals surface area contributed by atoms with E-state index in [4.69, 9.17) is 4.42 Å². The van der Waals surface area contributed by atoms with Gasteiger partial charge in [-0.2, -0.15) is 0 Å². The molecule has 1 unspecified atom stereocenters. The third-order valence-corrected chi connectivity index (χ3v) is 3.53. The van der Waals surface area contributed by atoms with E-state index in [0.29, 0.717) is 17.7 Å². The molecule has 92 valence electrons. The summed E-state index contributed by atoms with van der Waals surface area (Å²) in [5.74, 6) is -0.00122. The molecule has 0 saturated carbocycles. The first-order chi connectivity index (χ1) is 8.68. The molecule has 4 heteroatoms. The number of rotatable bonds is 1. The summed E-state index contributed by atoms with van der Waals surface area (Å²) in [6.07, 6.45) is 1.49. The molecule has 1 aromatic heterocycles. The Morgan fingerprint density at radius 1 is 1.22 bits per heavy atom. The molecule has 0 fully saturated rings. The van der Waals surface area contributed by atoms with Crippen molar-refractivity contribution in [1.82, 2.24) is 4.57 Å². The largest absolute Gasteiger partial charge is 0.421 e. The van der Waals surface area contributed by atoms with Crippen LogP contribution in [0.15, 0.2) is 44.3 Å². The van der Waals surface area contributed by atoms with Gasteiger partial charge in [0, 0.05) is 13.0 Å². The van der Waals surface area contributed by atoms with Crippen LogP contribution in [-0.4, -0.2) is 4.57 Å². The van der Waals surface area contributed by atoms with Gasteiger partial charge in [-0.15, -0.1) is 0 Å². The van der Waals surface area contributed by atoms with E-state index in [0.717, 1.165) is 16.6 Å². The molecule has 18 heavy (non-hydrogen) atoms. The van der Waals surface area contributed by atoms with E-state index in [1.54, 1.807) is 0 Å². The predicted molar refractivity (Wildman–Crippen MR) is 66.8 cm³/mol. The topological polar surface area (TPSA) is 52.2 Å². The van der Waals surface area contributed by atoms with Gasteiger partial charge in [-0.3, -0.25) is 4.79 Å².